The van der Waals surface area contributed by atoms with Crippen LogP contribution in [0.25, 0.3) is 0 Å². The molecule has 0 bridgehead atoms. The van der Waals surface area contributed by atoms with Gasteiger partial charge in [-0.15, -0.1) is 0 Å². The molecule has 0 aliphatic heterocycles. The molecule has 104 valence electrons. The normalized spacial score (nSPS) is 11.7. The number of benzene rings is 2. The van der Waals surface area contributed by atoms with E-state index in [0.717, 1.165) is 5.56 Å². The lowest BCUT2D eigenvalue weighted by atomic mass is 10.1. The fraction of sp³-hybridized carbons (Fsp3) is 0.188. The van der Waals surface area contributed by atoms with Gasteiger partial charge in [0.25, 0.3) is 0 Å². The topological polar surface area (TPSA) is 58.6 Å². The minimum absolute atomic E-state index is 0.133. The molecule has 0 saturated carbocycles. The molecule has 0 fully saturated rings. The van der Waals surface area contributed by atoms with E-state index in [4.69, 9.17) is 4.74 Å². The van der Waals surface area contributed by atoms with Gasteiger partial charge in [-0.25, -0.2) is 0 Å². The molecule has 20 heavy (non-hydrogen) atoms. The SMILES string of the molecule is CC(=O)Nc1cccc(OCC(O)c2ccccc2)c1. The van der Waals surface area contributed by atoms with Crippen LogP contribution in [-0.4, -0.2) is 17.6 Å². The van der Waals surface area contributed by atoms with Crippen molar-refractivity contribution in [3.05, 3.63) is 60.2 Å². The summed E-state index contributed by atoms with van der Waals surface area (Å²) >= 11 is 0. The molecule has 2 rings (SSSR count). The summed E-state index contributed by atoms with van der Waals surface area (Å²) in [6, 6.07) is 16.4. The van der Waals surface area contributed by atoms with Gasteiger partial charge < -0.3 is 15.2 Å². The third kappa shape index (κ3) is 4.10. The van der Waals surface area contributed by atoms with Crippen LogP contribution in [0.5, 0.6) is 5.75 Å². The summed E-state index contributed by atoms with van der Waals surface area (Å²) in [4.78, 5) is 11.0. The average molecular weight is 271 g/mol. The summed E-state index contributed by atoms with van der Waals surface area (Å²) in [5, 5.41) is 12.7. The molecule has 4 heteroatoms. The molecule has 2 N–H and O–H groups in total. The smallest absolute Gasteiger partial charge is 0.221 e. The fourth-order valence-electron chi connectivity index (χ4n) is 1.81. The lowest BCUT2D eigenvalue weighted by molar-refractivity contribution is -0.114. The zero-order valence-electron chi connectivity index (χ0n) is 11.2. The molecule has 1 atom stereocenters. The zero-order valence-corrected chi connectivity index (χ0v) is 11.2. The number of carbonyl (C=O) groups is 1. The first-order valence-corrected chi connectivity index (χ1v) is 6.38. The van der Waals surface area contributed by atoms with Crippen molar-refractivity contribution in [3.63, 3.8) is 0 Å². The van der Waals surface area contributed by atoms with E-state index >= 15 is 0 Å². The highest BCUT2D eigenvalue weighted by molar-refractivity contribution is 5.88. The van der Waals surface area contributed by atoms with Gasteiger partial charge in [-0.1, -0.05) is 36.4 Å². The number of hydrogen-bond acceptors (Lipinski definition) is 3. The van der Waals surface area contributed by atoms with E-state index in [1.165, 1.54) is 6.92 Å². The number of carbonyl (C=O) groups excluding carboxylic acids is 1. The first-order valence-electron chi connectivity index (χ1n) is 6.38. The van der Waals surface area contributed by atoms with E-state index in [0.29, 0.717) is 11.4 Å². The van der Waals surface area contributed by atoms with Gasteiger partial charge in [-0.2, -0.15) is 0 Å². The molecule has 0 aliphatic rings. The van der Waals surface area contributed by atoms with Crippen molar-refractivity contribution in [1.82, 2.24) is 0 Å². The molecular formula is C16H17NO3. The first kappa shape index (κ1) is 14.1. The number of nitrogens with one attached hydrogen (secondary N) is 1. The fourth-order valence-corrected chi connectivity index (χ4v) is 1.81. The molecular weight excluding hydrogens is 254 g/mol. The van der Waals surface area contributed by atoms with Gasteiger partial charge in [0.1, 0.15) is 18.5 Å². The predicted molar refractivity (Wildman–Crippen MR) is 77.6 cm³/mol. The van der Waals surface area contributed by atoms with Crippen molar-refractivity contribution < 1.29 is 14.6 Å². The molecule has 4 nitrogen and oxygen atoms in total. The summed E-state index contributed by atoms with van der Waals surface area (Å²) in [5.74, 6) is 0.470. The molecule has 0 heterocycles. The summed E-state index contributed by atoms with van der Waals surface area (Å²) in [6.45, 7) is 1.61. The van der Waals surface area contributed by atoms with Crippen molar-refractivity contribution >= 4 is 11.6 Å². The first-order chi connectivity index (χ1) is 9.65. The lowest BCUT2D eigenvalue weighted by Crippen LogP contribution is -2.10. The molecule has 0 radical (unpaired) electrons. The van der Waals surface area contributed by atoms with Crippen LogP contribution in [0.4, 0.5) is 5.69 Å². The Labute approximate surface area is 118 Å². The van der Waals surface area contributed by atoms with E-state index in [1.54, 1.807) is 24.3 Å². The third-order valence-electron chi connectivity index (χ3n) is 2.75. The molecule has 1 unspecified atom stereocenters. The highest BCUT2D eigenvalue weighted by Crippen LogP contribution is 2.19. The van der Waals surface area contributed by atoms with Gasteiger partial charge in [0.15, 0.2) is 0 Å². The van der Waals surface area contributed by atoms with Crippen molar-refractivity contribution in [2.75, 3.05) is 11.9 Å². The van der Waals surface area contributed by atoms with Gasteiger partial charge in [0.2, 0.25) is 5.91 Å². The number of anilines is 1. The molecule has 0 saturated heterocycles. The van der Waals surface area contributed by atoms with E-state index in [2.05, 4.69) is 5.32 Å². The van der Waals surface area contributed by atoms with Gasteiger partial charge in [0, 0.05) is 18.7 Å². The largest absolute Gasteiger partial charge is 0.490 e. The molecule has 2 aromatic carbocycles. The van der Waals surface area contributed by atoms with E-state index in [-0.39, 0.29) is 12.5 Å². The summed E-state index contributed by atoms with van der Waals surface area (Å²) in [7, 11) is 0. The Morgan fingerprint density at radius 3 is 2.65 bits per heavy atom. The molecule has 1 amide bonds. The second-order valence-corrected chi connectivity index (χ2v) is 4.45. The maximum Gasteiger partial charge on any atom is 0.221 e. The van der Waals surface area contributed by atoms with Crippen LogP contribution >= 0.6 is 0 Å². The maximum absolute atomic E-state index is 11.0. The minimum atomic E-state index is -0.680. The lowest BCUT2D eigenvalue weighted by Gasteiger charge is -2.13. The molecule has 0 spiro atoms. The zero-order chi connectivity index (χ0) is 14.4. The van der Waals surface area contributed by atoms with E-state index in [9.17, 15) is 9.90 Å². The van der Waals surface area contributed by atoms with Gasteiger partial charge in [-0.3, -0.25) is 4.79 Å². The Kier molecular flexibility index (Phi) is 4.74. The van der Waals surface area contributed by atoms with Crippen LogP contribution in [0.3, 0.4) is 0 Å². The summed E-state index contributed by atoms with van der Waals surface area (Å²) < 4.78 is 5.54. The van der Waals surface area contributed by atoms with Crippen molar-refractivity contribution in [2.24, 2.45) is 0 Å². The molecule has 2 aromatic rings. The van der Waals surface area contributed by atoms with Crippen LogP contribution < -0.4 is 10.1 Å². The number of hydrogen-bond donors (Lipinski definition) is 2. The monoisotopic (exact) mass is 271 g/mol. The van der Waals surface area contributed by atoms with Crippen LogP contribution in [0, 0.1) is 0 Å². The highest BCUT2D eigenvalue weighted by atomic mass is 16.5. The molecule has 0 aliphatic carbocycles. The Hall–Kier alpha value is -2.33. The Balaban J connectivity index is 1.95. The van der Waals surface area contributed by atoms with Gasteiger partial charge in [0.05, 0.1) is 0 Å². The number of amides is 1. The van der Waals surface area contributed by atoms with Crippen molar-refractivity contribution in [2.45, 2.75) is 13.0 Å². The van der Waals surface area contributed by atoms with Crippen molar-refractivity contribution in [1.29, 1.82) is 0 Å². The van der Waals surface area contributed by atoms with Gasteiger partial charge >= 0.3 is 0 Å². The van der Waals surface area contributed by atoms with Crippen LogP contribution in [0.1, 0.15) is 18.6 Å². The highest BCUT2D eigenvalue weighted by Gasteiger charge is 2.08. The quantitative estimate of drug-likeness (QED) is 0.879. The van der Waals surface area contributed by atoms with Crippen LogP contribution in [-0.2, 0) is 4.79 Å². The average Bonchev–Trinajstić information content (AvgIpc) is 2.45. The Morgan fingerprint density at radius 1 is 1.20 bits per heavy atom. The predicted octanol–water partition coefficient (Wildman–Crippen LogP) is 2.76. The Morgan fingerprint density at radius 2 is 1.95 bits per heavy atom. The second-order valence-electron chi connectivity index (χ2n) is 4.45. The molecule has 0 aromatic heterocycles. The number of ether oxygens (including phenoxy) is 1. The second kappa shape index (κ2) is 6.73. The van der Waals surface area contributed by atoms with E-state index in [1.807, 2.05) is 30.3 Å². The summed E-state index contributed by atoms with van der Waals surface area (Å²) in [5.41, 5.74) is 1.48. The maximum atomic E-state index is 11.0. The van der Waals surface area contributed by atoms with Crippen LogP contribution in [0.2, 0.25) is 0 Å². The summed E-state index contributed by atoms with van der Waals surface area (Å²) in [6.07, 6.45) is -0.680. The number of aliphatic hydroxyl groups is 1. The number of rotatable bonds is 5. The van der Waals surface area contributed by atoms with Crippen molar-refractivity contribution in [3.8, 4) is 5.75 Å². The number of aliphatic hydroxyl groups excluding tert-OH is 1. The van der Waals surface area contributed by atoms with E-state index < -0.39 is 6.10 Å². The van der Waals surface area contributed by atoms with Crippen LogP contribution in [0.15, 0.2) is 54.6 Å². The van der Waals surface area contributed by atoms with Gasteiger partial charge in [-0.05, 0) is 17.7 Å². The minimum Gasteiger partial charge on any atom is -0.490 e. The Bertz CT molecular complexity index is 569. The third-order valence-corrected chi connectivity index (χ3v) is 2.75. The standard InChI is InChI=1S/C16H17NO3/c1-12(18)17-14-8-5-9-15(10-14)20-11-16(19)13-6-3-2-4-7-13/h2-10,16,19H,11H2,1H3,(H,17,18).